The normalized spacial score (nSPS) is 11.6. The van der Waals surface area contributed by atoms with E-state index in [1.165, 1.54) is 0 Å². The van der Waals surface area contributed by atoms with Gasteiger partial charge in [0.2, 0.25) is 0 Å². The van der Waals surface area contributed by atoms with Crippen LogP contribution in [0.1, 0.15) is 11.6 Å². The highest BCUT2D eigenvalue weighted by molar-refractivity contribution is 7.99. The van der Waals surface area contributed by atoms with Crippen molar-refractivity contribution >= 4 is 11.8 Å². The largest absolute Gasteiger partial charge is 0.441 e. The number of hydrogen-bond donors (Lipinski definition) is 1. The Morgan fingerprint density at radius 1 is 1.20 bits per heavy atom. The fraction of sp³-hybridized carbons (Fsp3) is 0.188. The lowest BCUT2D eigenvalue weighted by Crippen LogP contribution is -2.16. The number of aromatic nitrogens is 3. The molecule has 25 heavy (non-hydrogen) atoms. The first-order valence-corrected chi connectivity index (χ1v) is 8.22. The van der Waals surface area contributed by atoms with Gasteiger partial charge in [-0.15, -0.1) is 0 Å². The summed E-state index contributed by atoms with van der Waals surface area (Å²) >= 11 is 0.998. The Morgan fingerprint density at radius 2 is 1.96 bits per heavy atom. The van der Waals surface area contributed by atoms with Crippen molar-refractivity contribution in [3.63, 3.8) is 0 Å². The zero-order valence-electron chi connectivity index (χ0n) is 12.7. The van der Waals surface area contributed by atoms with Crippen molar-refractivity contribution in [1.29, 1.82) is 0 Å². The van der Waals surface area contributed by atoms with Crippen molar-refractivity contribution in [2.45, 2.75) is 17.8 Å². The van der Waals surface area contributed by atoms with Gasteiger partial charge in [-0.2, -0.15) is 13.2 Å². The van der Waals surface area contributed by atoms with Gasteiger partial charge >= 0.3 is 6.18 Å². The van der Waals surface area contributed by atoms with Crippen molar-refractivity contribution in [3.05, 3.63) is 64.5 Å². The van der Waals surface area contributed by atoms with E-state index < -0.39 is 17.4 Å². The third-order valence-electron chi connectivity index (χ3n) is 3.18. The maximum atomic E-state index is 12.6. The van der Waals surface area contributed by atoms with E-state index in [-0.39, 0.29) is 5.16 Å². The van der Waals surface area contributed by atoms with E-state index in [1.807, 2.05) is 30.3 Å². The van der Waals surface area contributed by atoms with Gasteiger partial charge < -0.3 is 9.40 Å². The number of alkyl halides is 3. The second kappa shape index (κ2) is 7.14. The van der Waals surface area contributed by atoms with Gasteiger partial charge in [0.25, 0.3) is 5.56 Å². The minimum Gasteiger partial charge on any atom is -0.441 e. The van der Waals surface area contributed by atoms with Crippen molar-refractivity contribution < 1.29 is 17.6 Å². The van der Waals surface area contributed by atoms with E-state index in [9.17, 15) is 18.0 Å². The summed E-state index contributed by atoms with van der Waals surface area (Å²) in [6.07, 6.45) is -2.67. The molecule has 0 bridgehead atoms. The number of nitrogens with one attached hydrogen (secondary N) is 1. The van der Waals surface area contributed by atoms with E-state index in [2.05, 4.69) is 15.0 Å². The second-order valence-electron chi connectivity index (χ2n) is 5.02. The molecule has 2 aromatic heterocycles. The summed E-state index contributed by atoms with van der Waals surface area (Å²) in [4.78, 5) is 21.2. The molecule has 3 rings (SSSR count). The molecule has 0 fully saturated rings. The molecule has 0 radical (unpaired) electrons. The average Bonchev–Trinajstić information content (AvgIpc) is 3.03. The molecular weight excluding hydrogens is 355 g/mol. The van der Waals surface area contributed by atoms with E-state index in [1.54, 1.807) is 6.20 Å². The van der Waals surface area contributed by atoms with Gasteiger partial charge in [0.1, 0.15) is 0 Å². The van der Waals surface area contributed by atoms with Gasteiger partial charge in [-0.1, -0.05) is 42.1 Å². The van der Waals surface area contributed by atoms with Crippen molar-refractivity contribution in [3.8, 4) is 11.3 Å². The second-order valence-corrected chi connectivity index (χ2v) is 6.10. The van der Waals surface area contributed by atoms with Crippen LogP contribution in [0.25, 0.3) is 11.3 Å². The number of oxazole rings is 1. The molecule has 0 aliphatic carbocycles. The van der Waals surface area contributed by atoms with Crippen molar-refractivity contribution in [2.24, 2.45) is 0 Å². The molecule has 0 spiro atoms. The lowest BCUT2D eigenvalue weighted by molar-refractivity contribution is -0.141. The topological polar surface area (TPSA) is 71.8 Å². The van der Waals surface area contributed by atoms with Crippen LogP contribution in [-0.2, 0) is 12.6 Å². The third kappa shape index (κ3) is 4.50. The van der Waals surface area contributed by atoms with Crippen LogP contribution in [0.5, 0.6) is 0 Å². The molecule has 0 amide bonds. The number of hydrogen-bond acceptors (Lipinski definition) is 5. The molecule has 0 unspecified atom stereocenters. The summed E-state index contributed by atoms with van der Waals surface area (Å²) in [5, 5.41) is -0.0883. The SMILES string of the molecule is O=c1cc(C(F)(F)F)nc(SCCc2ncc(-c3ccccc3)o2)[nH]1. The van der Waals surface area contributed by atoms with Crippen LogP contribution in [0.2, 0.25) is 0 Å². The first-order chi connectivity index (χ1) is 11.9. The standard InChI is InChI=1S/C16H12F3N3O2S/c17-16(18,19)12-8-13(23)22-15(21-12)25-7-6-14-20-9-11(24-14)10-4-2-1-3-5-10/h1-5,8-9H,6-7H2,(H,21,22,23). The van der Waals surface area contributed by atoms with Gasteiger partial charge in [0, 0.05) is 23.8 Å². The molecule has 3 aromatic rings. The molecule has 130 valence electrons. The predicted molar refractivity (Wildman–Crippen MR) is 86.2 cm³/mol. The number of benzene rings is 1. The van der Waals surface area contributed by atoms with E-state index in [0.717, 1.165) is 17.3 Å². The van der Waals surface area contributed by atoms with Crippen LogP contribution in [0, 0.1) is 0 Å². The molecular formula is C16H12F3N3O2S. The van der Waals surface area contributed by atoms with Crippen LogP contribution in [-0.4, -0.2) is 20.7 Å². The Balaban J connectivity index is 1.63. The number of aryl methyl sites for hydroxylation is 1. The summed E-state index contributed by atoms with van der Waals surface area (Å²) < 4.78 is 43.6. The monoisotopic (exact) mass is 367 g/mol. The Hall–Kier alpha value is -2.55. The molecule has 5 nitrogen and oxygen atoms in total. The Kier molecular flexibility index (Phi) is 4.93. The predicted octanol–water partition coefficient (Wildman–Crippen LogP) is 3.78. The zero-order chi connectivity index (χ0) is 17.9. The Bertz CT molecular complexity index is 907. The maximum absolute atomic E-state index is 12.6. The number of aromatic amines is 1. The molecule has 1 aromatic carbocycles. The van der Waals surface area contributed by atoms with Gasteiger partial charge in [-0.25, -0.2) is 9.97 Å². The summed E-state index contributed by atoms with van der Waals surface area (Å²) in [5.41, 5.74) is -1.16. The number of rotatable bonds is 5. The first kappa shape index (κ1) is 17.3. The molecule has 9 heteroatoms. The number of H-pyrrole nitrogens is 1. The highest BCUT2D eigenvalue weighted by Crippen LogP contribution is 2.27. The van der Waals surface area contributed by atoms with Gasteiger partial charge in [0.05, 0.1) is 6.20 Å². The molecule has 2 heterocycles. The van der Waals surface area contributed by atoms with Gasteiger partial charge in [-0.05, 0) is 0 Å². The van der Waals surface area contributed by atoms with Crippen LogP contribution < -0.4 is 5.56 Å². The van der Waals surface area contributed by atoms with E-state index in [4.69, 9.17) is 4.42 Å². The van der Waals surface area contributed by atoms with Crippen LogP contribution >= 0.6 is 11.8 Å². The summed E-state index contributed by atoms with van der Waals surface area (Å²) in [6, 6.07) is 9.85. The third-order valence-corrected chi connectivity index (χ3v) is 4.05. The fourth-order valence-corrected chi connectivity index (χ4v) is 2.85. The summed E-state index contributed by atoms with van der Waals surface area (Å²) in [6.45, 7) is 0. The lowest BCUT2D eigenvalue weighted by atomic mass is 10.2. The average molecular weight is 367 g/mol. The minimum atomic E-state index is -4.66. The highest BCUT2D eigenvalue weighted by atomic mass is 32.2. The molecule has 0 aliphatic rings. The lowest BCUT2D eigenvalue weighted by Gasteiger charge is -2.06. The molecule has 0 saturated carbocycles. The van der Waals surface area contributed by atoms with Crippen LogP contribution in [0.4, 0.5) is 13.2 Å². The Morgan fingerprint density at radius 3 is 2.68 bits per heavy atom. The summed E-state index contributed by atoms with van der Waals surface area (Å²) in [5.74, 6) is 1.44. The summed E-state index contributed by atoms with van der Waals surface area (Å²) in [7, 11) is 0. The maximum Gasteiger partial charge on any atom is 0.433 e. The van der Waals surface area contributed by atoms with E-state index >= 15 is 0 Å². The minimum absolute atomic E-state index is 0.0883. The molecule has 1 N–H and O–H groups in total. The molecule has 0 atom stereocenters. The van der Waals surface area contributed by atoms with Crippen molar-refractivity contribution in [1.82, 2.24) is 15.0 Å². The highest BCUT2D eigenvalue weighted by Gasteiger charge is 2.33. The first-order valence-electron chi connectivity index (χ1n) is 7.23. The van der Waals surface area contributed by atoms with E-state index in [0.29, 0.717) is 29.9 Å². The molecule has 0 aliphatic heterocycles. The fourth-order valence-electron chi connectivity index (χ4n) is 2.05. The zero-order valence-corrected chi connectivity index (χ0v) is 13.5. The van der Waals surface area contributed by atoms with Crippen LogP contribution in [0.15, 0.2) is 57.0 Å². The number of thioether (sulfide) groups is 1. The molecule has 0 saturated heterocycles. The number of nitrogens with zero attached hydrogens (tertiary/aromatic N) is 2. The van der Waals surface area contributed by atoms with Gasteiger partial charge in [-0.3, -0.25) is 4.79 Å². The van der Waals surface area contributed by atoms with Crippen molar-refractivity contribution in [2.75, 3.05) is 5.75 Å². The quantitative estimate of drug-likeness (QED) is 0.549. The van der Waals surface area contributed by atoms with Crippen LogP contribution in [0.3, 0.4) is 0 Å². The Labute approximate surface area is 144 Å². The van der Waals surface area contributed by atoms with Gasteiger partial charge in [0.15, 0.2) is 22.5 Å². The number of halogens is 3. The smallest absolute Gasteiger partial charge is 0.433 e.